The van der Waals surface area contributed by atoms with Crippen LogP contribution in [0.4, 0.5) is 0 Å². The number of rotatable bonds is 9. The molecule has 0 fully saturated rings. The summed E-state index contributed by atoms with van der Waals surface area (Å²) in [5.41, 5.74) is -0.0417. The second-order valence-corrected chi connectivity index (χ2v) is 6.16. The Hall–Kier alpha value is 0.270. The number of hydrogen-bond donors (Lipinski definition) is 0. The van der Waals surface area contributed by atoms with Gasteiger partial charge in [-0.15, -0.1) is 0 Å². The standard InChI is InChI=1S/C12H26O2S/c1-6-14-12(4,5)7-8-13-9-10-15-11(2)3/h11H,6-10H2,1-5H3. The Bertz CT molecular complexity index is 147. The summed E-state index contributed by atoms with van der Waals surface area (Å²) in [7, 11) is 0. The molecule has 0 aromatic rings. The van der Waals surface area contributed by atoms with Crippen molar-refractivity contribution in [3.8, 4) is 0 Å². The van der Waals surface area contributed by atoms with E-state index in [2.05, 4.69) is 27.7 Å². The van der Waals surface area contributed by atoms with Gasteiger partial charge >= 0.3 is 0 Å². The smallest absolute Gasteiger partial charge is 0.0648 e. The summed E-state index contributed by atoms with van der Waals surface area (Å²) in [6.07, 6.45) is 0.965. The lowest BCUT2D eigenvalue weighted by Crippen LogP contribution is -2.26. The molecule has 15 heavy (non-hydrogen) atoms. The monoisotopic (exact) mass is 234 g/mol. The van der Waals surface area contributed by atoms with E-state index in [-0.39, 0.29) is 5.60 Å². The molecule has 0 N–H and O–H groups in total. The lowest BCUT2D eigenvalue weighted by atomic mass is 10.1. The fourth-order valence-corrected chi connectivity index (χ4v) is 1.91. The molecule has 0 amide bonds. The van der Waals surface area contributed by atoms with Gasteiger partial charge < -0.3 is 9.47 Å². The largest absolute Gasteiger partial charge is 0.380 e. The van der Waals surface area contributed by atoms with Crippen molar-refractivity contribution in [2.24, 2.45) is 0 Å². The van der Waals surface area contributed by atoms with Crippen LogP contribution in [0.25, 0.3) is 0 Å². The van der Waals surface area contributed by atoms with Crippen LogP contribution in [-0.2, 0) is 9.47 Å². The molecule has 0 heterocycles. The molecule has 2 nitrogen and oxygen atoms in total. The summed E-state index contributed by atoms with van der Waals surface area (Å²) >= 11 is 1.94. The third-order valence-corrected chi connectivity index (χ3v) is 3.13. The SMILES string of the molecule is CCOC(C)(C)CCOCCSC(C)C. The first-order valence-corrected chi connectivity index (χ1v) is 6.86. The van der Waals surface area contributed by atoms with Gasteiger partial charge in [0.2, 0.25) is 0 Å². The molecule has 0 aliphatic carbocycles. The second-order valence-electron chi connectivity index (χ2n) is 4.47. The Morgan fingerprint density at radius 2 is 1.87 bits per heavy atom. The normalized spacial score (nSPS) is 12.4. The zero-order chi connectivity index (χ0) is 11.7. The van der Waals surface area contributed by atoms with Crippen molar-refractivity contribution in [2.75, 3.05) is 25.6 Å². The molecule has 0 aromatic carbocycles. The number of hydrogen-bond acceptors (Lipinski definition) is 3. The van der Waals surface area contributed by atoms with E-state index in [1.165, 1.54) is 0 Å². The van der Waals surface area contributed by atoms with Gasteiger partial charge in [-0.05, 0) is 32.4 Å². The van der Waals surface area contributed by atoms with Crippen LogP contribution in [-0.4, -0.2) is 36.4 Å². The van der Waals surface area contributed by atoms with Gasteiger partial charge in [0.05, 0.1) is 12.2 Å². The highest BCUT2D eigenvalue weighted by atomic mass is 32.2. The maximum atomic E-state index is 5.59. The van der Waals surface area contributed by atoms with Gasteiger partial charge in [0, 0.05) is 19.0 Å². The van der Waals surface area contributed by atoms with Crippen LogP contribution in [0.5, 0.6) is 0 Å². The van der Waals surface area contributed by atoms with Crippen molar-refractivity contribution in [2.45, 2.75) is 51.9 Å². The van der Waals surface area contributed by atoms with Gasteiger partial charge in [-0.1, -0.05) is 13.8 Å². The third-order valence-electron chi connectivity index (χ3n) is 2.06. The Balaban J connectivity index is 3.30. The zero-order valence-electron chi connectivity index (χ0n) is 10.8. The van der Waals surface area contributed by atoms with E-state index in [0.717, 1.165) is 32.0 Å². The minimum Gasteiger partial charge on any atom is -0.380 e. The van der Waals surface area contributed by atoms with Gasteiger partial charge in [-0.2, -0.15) is 11.8 Å². The van der Waals surface area contributed by atoms with Gasteiger partial charge in [0.1, 0.15) is 0 Å². The molecule has 0 aliphatic rings. The van der Waals surface area contributed by atoms with Crippen LogP contribution in [0.15, 0.2) is 0 Å². The molecule has 3 heteroatoms. The molecule has 0 rings (SSSR count). The highest BCUT2D eigenvalue weighted by Gasteiger charge is 2.16. The van der Waals surface area contributed by atoms with E-state index in [1.807, 2.05) is 18.7 Å². The highest BCUT2D eigenvalue weighted by Crippen LogP contribution is 2.14. The molecule has 0 bridgehead atoms. The molecule has 92 valence electrons. The molecule has 0 unspecified atom stereocenters. The molecule has 0 atom stereocenters. The van der Waals surface area contributed by atoms with E-state index in [9.17, 15) is 0 Å². The maximum absolute atomic E-state index is 5.59. The fraction of sp³-hybridized carbons (Fsp3) is 1.00. The molecule has 0 spiro atoms. The zero-order valence-corrected chi connectivity index (χ0v) is 11.7. The first-order chi connectivity index (χ1) is 6.98. The van der Waals surface area contributed by atoms with Crippen molar-refractivity contribution in [1.29, 1.82) is 0 Å². The number of thioether (sulfide) groups is 1. The van der Waals surface area contributed by atoms with E-state index in [0.29, 0.717) is 5.25 Å². The van der Waals surface area contributed by atoms with Crippen LogP contribution in [0.1, 0.15) is 41.0 Å². The van der Waals surface area contributed by atoms with E-state index < -0.39 is 0 Å². The predicted octanol–water partition coefficient (Wildman–Crippen LogP) is 3.35. The number of ether oxygens (including phenoxy) is 2. The molecule has 0 aliphatic heterocycles. The van der Waals surface area contributed by atoms with Crippen LogP contribution in [0, 0.1) is 0 Å². The first kappa shape index (κ1) is 15.3. The average Bonchev–Trinajstić information content (AvgIpc) is 2.10. The second kappa shape index (κ2) is 8.43. The minimum atomic E-state index is -0.0417. The molecular weight excluding hydrogens is 208 g/mol. The van der Waals surface area contributed by atoms with Gasteiger partial charge in [-0.3, -0.25) is 0 Å². The third kappa shape index (κ3) is 10.6. The van der Waals surface area contributed by atoms with E-state index in [4.69, 9.17) is 9.47 Å². The van der Waals surface area contributed by atoms with Crippen molar-refractivity contribution in [3.63, 3.8) is 0 Å². The Morgan fingerprint density at radius 1 is 1.20 bits per heavy atom. The molecule has 0 aromatic heterocycles. The molecule has 0 radical (unpaired) electrons. The Morgan fingerprint density at radius 3 is 2.40 bits per heavy atom. The van der Waals surface area contributed by atoms with Gasteiger partial charge in [-0.25, -0.2) is 0 Å². The van der Waals surface area contributed by atoms with Crippen LogP contribution >= 0.6 is 11.8 Å². The lowest BCUT2D eigenvalue weighted by molar-refractivity contribution is -0.0335. The summed E-state index contributed by atoms with van der Waals surface area (Å²) in [6, 6.07) is 0. The van der Waals surface area contributed by atoms with Crippen molar-refractivity contribution >= 4 is 11.8 Å². The van der Waals surface area contributed by atoms with Gasteiger partial charge in [0.15, 0.2) is 0 Å². The Kier molecular flexibility index (Phi) is 8.58. The first-order valence-electron chi connectivity index (χ1n) is 5.81. The maximum Gasteiger partial charge on any atom is 0.0648 e. The van der Waals surface area contributed by atoms with Crippen molar-refractivity contribution in [3.05, 3.63) is 0 Å². The predicted molar refractivity (Wildman–Crippen MR) is 68.7 cm³/mol. The Labute approximate surface area is 99.1 Å². The van der Waals surface area contributed by atoms with E-state index in [1.54, 1.807) is 0 Å². The van der Waals surface area contributed by atoms with Crippen LogP contribution in [0.3, 0.4) is 0 Å². The van der Waals surface area contributed by atoms with Crippen molar-refractivity contribution < 1.29 is 9.47 Å². The molecule has 0 saturated carbocycles. The molecule has 0 saturated heterocycles. The van der Waals surface area contributed by atoms with Crippen LogP contribution < -0.4 is 0 Å². The van der Waals surface area contributed by atoms with Crippen LogP contribution in [0.2, 0.25) is 0 Å². The fourth-order valence-electron chi connectivity index (χ4n) is 1.23. The quantitative estimate of drug-likeness (QED) is 0.570. The summed E-state index contributed by atoms with van der Waals surface area (Å²) in [5, 5.41) is 0.702. The summed E-state index contributed by atoms with van der Waals surface area (Å²) in [6.45, 7) is 13.1. The average molecular weight is 234 g/mol. The topological polar surface area (TPSA) is 18.5 Å². The lowest BCUT2D eigenvalue weighted by Gasteiger charge is -2.24. The summed E-state index contributed by atoms with van der Waals surface area (Å²) in [4.78, 5) is 0. The molecular formula is C12H26O2S. The highest BCUT2D eigenvalue weighted by molar-refractivity contribution is 7.99. The summed E-state index contributed by atoms with van der Waals surface area (Å²) < 4.78 is 11.2. The summed E-state index contributed by atoms with van der Waals surface area (Å²) in [5.74, 6) is 1.09. The van der Waals surface area contributed by atoms with Gasteiger partial charge in [0.25, 0.3) is 0 Å². The minimum absolute atomic E-state index is 0.0417. The van der Waals surface area contributed by atoms with Crippen molar-refractivity contribution in [1.82, 2.24) is 0 Å². The van der Waals surface area contributed by atoms with E-state index >= 15 is 0 Å².